The summed E-state index contributed by atoms with van der Waals surface area (Å²) >= 11 is 0. The number of ether oxygens (including phenoxy) is 1. The fourth-order valence-corrected chi connectivity index (χ4v) is 2.23. The smallest absolute Gasteiger partial charge is 0.303 e. The van der Waals surface area contributed by atoms with Gasteiger partial charge in [0.15, 0.2) is 0 Å². The maximum Gasteiger partial charge on any atom is 0.303 e. The Morgan fingerprint density at radius 1 is 1.22 bits per heavy atom. The number of aryl methyl sites for hydroxylation is 1. The standard InChI is InChI=1S/C14H18O4/c15-13(16)6-3-11-1-4-12(5-2-11)14(17)7-9-18-10-8-14/h1-2,4-5,17H,3,6-10H2,(H,15,16). The molecular formula is C14H18O4. The molecule has 1 aromatic rings. The van der Waals surface area contributed by atoms with Crippen LogP contribution in [0.3, 0.4) is 0 Å². The summed E-state index contributed by atoms with van der Waals surface area (Å²) in [6.45, 7) is 1.16. The molecule has 0 unspecified atom stereocenters. The van der Waals surface area contributed by atoms with Crippen LogP contribution in [0.25, 0.3) is 0 Å². The molecule has 1 heterocycles. The molecule has 0 bridgehead atoms. The van der Waals surface area contributed by atoms with E-state index in [0.29, 0.717) is 32.5 Å². The van der Waals surface area contributed by atoms with Crippen LogP contribution in [-0.2, 0) is 21.6 Å². The number of benzene rings is 1. The molecule has 0 radical (unpaired) electrons. The highest BCUT2D eigenvalue weighted by atomic mass is 16.5. The molecule has 2 N–H and O–H groups in total. The van der Waals surface area contributed by atoms with Gasteiger partial charge in [-0.15, -0.1) is 0 Å². The second-order valence-corrected chi connectivity index (χ2v) is 4.73. The summed E-state index contributed by atoms with van der Waals surface area (Å²) in [5.74, 6) is -0.790. The van der Waals surface area contributed by atoms with Crippen molar-refractivity contribution in [3.63, 3.8) is 0 Å². The first-order valence-electron chi connectivity index (χ1n) is 6.21. The summed E-state index contributed by atoms with van der Waals surface area (Å²) in [5, 5.41) is 19.1. The fourth-order valence-electron chi connectivity index (χ4n) is 2.23. The molecule has 1 saturated heterocycles. The number of aliphatic hydroxyl groups is 1. The van der Waals surface area contributed by atoms with E-state index in [4.69, 9.17) is 9.84 Å². The van der Waals surface area contributed by atoms with Gasteiger partial charge < -0.3 is 14.9 Å². The Labute approximate surface area is 106 Å². The highest BCUT2D eigenvalue weighted by Gasteiger charge is 2.31. The lowest BCUT2D eigenvalue weighted by molar-refractivity contribution is -0.136. The van der Waals surface area contributed by atoms with Gasteiger partial charge in [-0.25, -0.2) is 0 Å². The SMILES string of the molecule is O=C(O)CCc1ccc(C2(O)CCOCC2)cc1. The van der Waals surface area contributed by atoms with Gasteiger partial charge in [-0.3, -0.25) is 4.79 Å². The lowest BCUT2D eigenvalue weighted by atomic mass is 9.86. The van der Waals surface area contributed by atoms with Crippen molar-refractivity contribution in [2.45, 2.75) is 31.3 Å². The van der Waals surface area contributed by atoms with Crippen LogP contribution < -0.4 is 0 Å². The molecule has 1 aliphatic rings. The third-order valence-corrected chi connectivity index (χ3v) is 3.44. The summed E-state index contributed by atoms with van der Waals surface area (Å²) in [6.07, 6.45) is 1.89. The van der Waals surface area contributed by atoms with E-state index in [1.165, 1.54) is 0 Å². The average Bonchev–Trinajstić information content (AvgIpc) is 2.38. The summed E-state index contributed by atoms with van der Waals surface area (Å²) in [5.41, 5.74) is 1.09. The number of carboxylic acid groups (broad SMARTS) is 1. The molecule has 2 rings (SSSR count). The fraction of sp³-hybridized carbons (Fsp3) is 0.500. The Hall–Kier alpha value is -1.39. The van der Waals surface area contributed by atoms with Gasteiger partial charge in [0.25, 0.3) is 0 Å². The number of hydrogen-bond acceptors (Lipinski definition) is 3. The van der Waals surface area contributed by atoms with Crippen molar-refractivity contribution in [3.8, 4) is 0 Å². The molecule has 0 amide bonds. The molecule has 4 heteroatoms. The monoisotopic (exact) mass is 250 g/mol. The van der Waals surface area contributed by atoms with E-state index >= 15 is 0 Å². The van der Waals surface area contributed by atoms with Crippen molar-refractivity contribution < 1.29 is 19.7 Å². The molecule has 0 spiro atoms. The van der Waals surface area contributed by atoms with Gasteiger partial charge in [-0.05, 0) is 17.5 Å². The second-order valence-electron chi connectivity index (χ2n) is 4.73. The molecule has 0 saturated carbocycles. The third kappa shape index (κ3) is 3.09. The van der Waals surface area contributed by atoms with Gasteiger partial charge in [0, 0.05) is 32.5 Å². The quantitative estimate of drug-likeness (QED) is 0.853. The summed E-state index contributed by atoms with van der Waals surface area (Å²) in [6, 6.07) is 7.57. The Kier molecular flexibility index (Phi) is 3.99. The first-order chi connectivity index (χ1) is 8.60. The number of carbonyl (C=O) groups is 1. The molecule has 1 aromatic carbocycles. The van der Waals surface area contributed by atoms with E-state index in [-0.39, 0.29) is 6.42 Å². The molecule has 0 aliphatic carbocycles. The normalized spacial score (nSPS) is 18.5. The van der Waals surface area contributed by atoms with Gasteiger partial charge in [-0.2, -0.15) is 0 Å². The lowest BCUT2D eigenvalue weighted by Gasteiger charge is -2.32. The Bertz CT molecular complexity index is 404. The van der Waals surface area contributed by atoms with Crippen molar-refractivity contribution in [2.24, 2.45) is 0 Å². The number of carboxylic acids is 1. The Morgan fingerprint density at radius 2 is 1.83 bits per heavy atom. The minimum absolute atomic E-state index is 0.136. The van der Waals surface area contributed by atoms with Crippen LogP contribution in [0.1, 0.15) is 30.4 Å². The second kappa shape index (κ2) is 5.50. The van der Waals surface area contributed by atoms with E-state index < -0.39 is 11.6 Å². The van der Waals surface area contributed by atoms with Crippen LogP contribution in [0.15, 0.2) is 24.3 Å². The summed E-state index contributed by atoms with van der Waals surface area (Å²) < 4.78 is 5.25. The Morgan fingerprint density at radius 3 is 2.39 bits per heavy atom. The molecular weight excluding hydrogens is 232 g/mol. The van der Waals surface area contributed by atoms with Crippen LogP contribution in [-0.4, -0.2) is 29.4 Å². The zero-order chi connectivity index (χ0) is 13.0. The predicted octanol–water partition coefficient (Wildman–Crippen LogP) is 1.70. The van der Waals surface area contributed by atoms with Crippen LogP contribution >= 0.6 is 0 Å². The van der Waals surface area contributed by atoms with Gasteiger partial charge in [0.2, 0.25) is 0 Å². The Balaban J connectivity index is 2.04. The third-order valence-electron chi connectivity index (χ3n) is 3.44. The van der Waals surface area contributed by atoms with Gasteiger partial charge in [0.05, 0.1) is 5.60 Å². The van der Waals surface area contributed by atoms with E-state index in [2.05, 4.69) is 0 Å². The van der Waals surface area contributed by atoms with E-state index in [0.717, 1.165) is 11.1 Å². The van der Waals surface area contributed by atoms with Gasteiger partial charge in [0.1, 0.15) is 0 Å². The van der Waals surface area contributed by atoms with E-state index in [1.807, 2.05) is 24.3 Å². The average molecular weight is 250 g/mol. The minimum atomic E-state index is -0.790. The lowest BCUT2D eigenvalue weighted by Crippen LogP contribution is -2.33. The highest BCUT2D eigenvalue weighted by Crippen LogP contribution is 2.31. The van der Waals surface area contributed by atoms with Crippen molar-refractivity contribution in [2.75, 3.05) is 13.2 Å². The van der Waals surface area contributed by atoms with Gasteiger partial charge in [-0.1, -0.05) is 24.3 Å². The maximum atomic E-state index is 10.5. The molecule has 4 nitrogen and oxygen atoms in total. The van der Waals surface area contributed by atoms with Crippen LogP contribution in [0.2, 0.25) is 0 Å². The number of hydrogen-bond donors (Lipinski definition) is 2. The summed E-state index contributed by atoms with van der Waals surface area (Å²) in [4.78, 5) is 10.5. The van der Waals surface area contributed by atoms with Crippen molar-refractivity contribution in [3.05, 3.63) is 35.4 Å². The van der Waals surface area contributed by atoms with Crippen molar-refractivity contribution in [1.82, 2.24) is 0 Å². The van der Waals surface area contributed by atoms with Crippen molar-refractivity contribution in [1.29, 1.82) is 0 Å². The molecule has 0 atom stereocenters. The number of aliphatic carboxylic acids is 1. The van der Waals surface area contributed by atoms with E-state index in [1.54, 1.807) is 0 Å². The van der Waals surface area contributed by atoms with Gasteiger partial charge >= 0.3 is 5.97 Å². The van der Waals surface area contributed by atoms with E-state index in [9.17, 15) is 9.90 Å². The highest BCUT2D eigenvalue weighted by molar-refractivity contribution is 5.67. The first-order valence-corrected chi connectivity index (χ1v) is 6.21. The van der Waals surface area contributed by atoms with Crippen LogP contribution in [0.5, 0.6) is 0 Å². The maximum absolute atomic E-state index is 10.5. The largest absolute Gasteiger partial charge is 0.481 e. The number of rotatable bonds is 4. The molecule has 1 fully saturated rings. The molecule has 18 heavy (non-hydrogen) atoms. The predicted molar refractivity (Wildman–Crippen MR) is 66.3 cm³/mol. The molecule has 0 aromatic heterocycles. The zero-order valence-corrected chi connectivity index (χ0v) is 10.3. The summed E-state index contributed by atoms with van der Waals surface area (Å²) in [7, 11) is 0. The van der Waals surface area contributed by atoms with Crippen LogP contribution in [0.4, 0.5) is 0 Å². The first kappa shape index (κ1) is 13.1. The van der Waals surface area contributed by atoms with Crippen LogP contribution in [0, 0.1) is 0 Å². The molecule has 98 valence electrons. The minimum Gasteiger partial charge on any atom is -0.481 e. The topological polar surface area (TPSA) is 66.8 Å². The molecule has 1 aliphatic heterocycles. The zero-order valence-electron chi connectivity index (χ0n) is 10.3. The van der Waals surface area contributed by atoms with Crippen molar-refractivity contribution >= 4 is 5.97 Å².